The van der Waals surface area contributed by atoms with Gasteiger partial charge in [0, 0.05) is 5.69 Å². The lowest BCUT2D eigenvalue weighted by molar-refractivity contribution is -0.146. The summed E-state index contributed by atoms with van der Waals surface area (Å²) in [5.41, 5.74) is 0.353. The van der Waals surface area contributed by atoms with Crippen LogP contribution in [-0.2, 0) is 9.59 Å². The molecule has 20 heavy (non-hydrogen) atoms. The minimum atomic E-state index is -0.943. The maximum Gasteiger partial charge on any atom is 0.307 e. The first-order valence-electron chi connectivity index (χ1n) is 6.54. The number of amides is 1. The molecule has 5 heteroatoms. The first kappa shape index (κ1) is 12.8. The molecule has 4 atom stereocenters. The third kappa shape index (κ3) is 2.09. The minimum Gasteiger partial charge on any atom is -0.481 e. The van der Waals surface area contributed by atoms with E-state index in [2.05, 4.69) is 5.32 Å². The Bertz CT molecular complexity index is 599. The number of fused-ring (bicyclic) bond motifs is 2. The fourth-order valence-corrected chi connectivity index (χ4v) is 3.31. The van der Waals surface area contributed by atoms with E-state index in [1.54, 1.807) is 6.07 Å². The van der Waals surface area contributed by atoms with Crippen molar-refractivity contribution in [3.05, 3.63) is 42.2 Å². The van der Waals surface area contributed by atoms with Crippen molar-refractivity contribution in [1.82, 2.24) is 0 Å². The summed E-state index contributed by atoms with van der Waals surface area (Å²) in [5, 5.41) is 11.9. The number of anilines is 1. The molecule has 2 aliphatic rings. The molecule has 1 fully saturated rings. The van der Waals surface area contributed by atoms with Gasteiger partial charge in [-0.3, -0.25) is 9.59 Å². The summed E-state index contributed by atoms with van der Waals surface area (Å²) in [5.74, 6) is -3.09. The lowest BCUT2D eigenvalue weighted by atomic mass is 9.82. The lowest BCUT2D eigenvalue weighted by Gasteiger charge is -2.23. The molecule has 2 N–H and O–H groups in total. The summed E-state index contributed by atoms with van der Waals surface area (Å²) in [6.07, 6.45) is 4.51. The number of aliphatic carboxylic acids is 1. The average Bonchev–Trinajstić information content (AvgIpc) is 2.98. The Hall–Kier alpha value is -2.17. The molecular formula is C15H14FNO3. The fraction of sp³-hybridized carbons (Fsp3) is 0.333. The standard InChI is InChI=1S/C15H14FNO3/c16-10-2-1-3-11(7-10)17-14(18)12-8-4-5-9(6-8)13(12)15(19)20/h1-5,7-9,12-13H,6H2,(H,17,18)(H,19,20)/t8-,9+,12-,13-/m0/s1. The van der Waals surface area contributed by atoms with E-state index in [1.165, 1.54) is 18.2 Å². The molecule has 1 amide bonds. The summed E-state index contributed by atoms with van der Waals surface area (Å²) in [4.78, 5) is 23.6. The molecule has 1 saturated carbocycles. The zero-order chi connectivity index (χ0) is 14.3. The molecule has 2 bridgehead atoms. The normalized spacial score (nSPS) is 30.4. The second kappa shape index (κ2) is 4.74. The zero-order valence-corrected chi connectivity index (χ0v) is 10.6. The largest absolute Gasteiger partial charge is 0.481 e. The lowest BCUT2D eigenvalue weighted by Crippen LogP contribution is -2.36. The maximum atomic E-state index is 13.1. The molecule has 0 unspecified atom stereocenters. The number of carbonyl (C=O) groups excluding carboxylic acids is 1. The van der Waals surface area contributed by atoms with Crippen LogP contribution in [0.1, 0.15) is 6.42 Å². The van der Waals surface area contributed by atoms with Crippen molar-refractivity contribution in [2.24, 2.45) is 23.7 Å². The highest BCUT2D eigenvalue weighted by Gasteiger charge is 2.51. The molecule has 3 rings (SSSR count). The summed E-state index contributed by atoms with van der Waals surface area (Å²) in [6, 6.07) is 5.59. The molecule has 104 valence electrons. The van der Waals surface area contributed by atoms with Crippen molar-refractivity contribution < 1.29 is 19.1 Å². The van der Waals surface area contributed by atoms with Gasteiger partial charge in [0.15, 0.2) is 0 Å². The average molecular weight is 275 g/mol. The molecule has 1 aromatic carbocycles. The van der Waals surface area contributed by atoms with Crippen molar-refractivity contribution in [1.29, 1.82) is 0 Å². The van der Waals surface area contributed by atoms with E-state index in [0.717, 1.165) is 0 Å². The third-order valence-corrected chi connectivity index (χ3v) is 4.14. The predicted octanol–water partition coefficient (Wildman–Crippen LogP) is 2.29. The number of allylic oxidation sites excluding steroid dienone is 2. The van der Waals surface area contributed by atoms with Crippen LogP contribution < -0.4 is 5.32 Å². The van der Waals surface area contributed by atoms with Crippen LogP contribution in [0.3, 0.4) is 0 Å². The van der Waals surface area contributed by atoms with E-state index in [4.69, 9.17) is 0 Å². The molecule has 0 aliphatic heterocycles. The minimum absolute atomic E-state index is 0.0327. The Morgan fingerprint density at radius 3 is 2.55 bits per heavy atom. The molecule has 0 aromatic heterocycles. The van der Waals surface area contributed by atoms with Crippen LogP contribution in [0, 0.1) is 29.5 Å². The van der Waals surface area contributed by atoms with Crippen molar-refractivity contribution in [3.63, 3.8) is 0 Å². The molecule has 2 aliphatic carbocycles. The van der Waals surface area contributed by atoms with Crippen molar-refractivity contribution in [2.75, 3.05) is 5.32 Å². The number of halogens is 1. The van der Waals surface area contributed by atoms with E-state index >= 15 is 0 Å². The maximum absolute atomic E-state index is 13.1. The van der Waals surface area contributed by atoms with E-state index in [1.807, 2.05) is 12.2 Å². The molecule has 0 spiro atoms. The number of hydrogen-bond acceptors (Lipinski definition) is 2. The van der Waals surface area contributed by atoms with Gasteiger partial charge in [-0.05, 0) is 36.5 Å². The van der Waals surface area contributed by atoms with Crippen LogP contribution in [0.5, 0.6) is 0 Å². The van der Waals surface area contributed by atoms with E-state index in [-0.39, 0.29) is 17.7 Å². The summed E-state index contributed by atoms with van der Waals surface area (Å²) >= 11 is 0. The van der Waals surface area contributed by atoms with Gasteiger partial charge < -0.3 is 10.4 Å². The number of carboxylic acids is 1. The van der Waals surface area contributed by atoms with E-state index in [0.29, 0.717) is 12.1 Å². The second-order valence-corrected chi connectivity index (χ2v) is 5.34. The van der Waals surface area contributed by atoms with Crippen LogP contribution in [0.2, 0.25) is 0 Å². The summed E-state index contributed by atoms with van der Waals surface area (Å²) in [7, 11) is 0. The highest BCUT2D eigenvalue weighted by molar-refractivity contribution is 5.96. The van der Waals surface area contributed by atoms with Gasteiger partial charge in [-0.2, -0.15) is 0 Å². The smallest absolute Gasteiger partial charge is 0.307 e. The molecular weight excluding hydrogens is 261 g/mol. The number of nitrogens with one attached hydrogen (secondary N) is 1. The van der Waals surface area contributed by atoms with Crippen LogP contribution in [-0.4, -0.2) is 17.0 Å². The molecule has 1 aromatic rings. The van der Waals surface area contributed by atoms with Crippen LogP contribution in [0.4, 0.5) is 10.1 Å². The highest BCUT2D eigenvalue weighted by Crippen LogP contribution is 2.48. The van der Waals surface area contributed by atoms with Gasteiger partial charge in [-0.15, -0.1) is 0 Å². The number of carbonyl (C=O) groups is 2. The Morgan fingerprint density at radius 2 is 1.90 bits per heavy atom. The van der Waals surface area contributed by atoms with Gasteiger partial charge in [0.25, 0.3) is 0 Å². The summed E-state index contributed by atoms with van der Waals surface area (Å²) in [6.45, 7) is 0. The Balaban J connectivity index is 1.80. The molecule has 0 radical (unpaired) electrons. The van der Waals surface area contributed by atoms with Crippen molar-refractivity contribution >= 4 is 17.6 Å². The number of hydrogen-bond donors (Lipinski definition) is 2. The predicted molar refractivity (Wildman–Crippen MR) is 70.4 cm³/mol. The fourth-order valence-electron chi connectivity index (χ4n) is 3.31. The number of carboxylic acid groups (broad SMARTS) is 1. The number of benzene rings is 1. The Labute approximate surface area is 115 Å². The van der Waals surface area contributed by atoms with Crippen LogP contribution >= 0.6 is 0 Å². The van der Waals surface area contributed by atoms with Gasteiger partial charge in [0.2, 0.25) is 5.91 Å². The SMILES string of the molecule is O=C(O)[C@@H]1[C@@H](C(=O)Nc2cccc(F)c2)[C@H]2C=C[C@@H]1C2. The zero-order valence-electron chi connectivity index (χ0n) is 10.6. The van der Waals surface area contributed by atoms with Crippen molar-refractivity contribution in [2.45, 2.75) is 6.42 Å². The number of rotatable bonds is 3. The molecule has 4 nitrogen and oxygen atoms in total. The first-order chi connectivity index (χ1) is 9.56. The van der Waals surface area contributed by atoms with Gasteiger partial charge in [-0.25, -0.2) is 4.39 Å². The summed E-state index contributed by atoms with van der Waals surface area (Å²) < 4.78 is 13.1. The van der Waals surface area contributed by atoms with Crippen LogP contribution in [0.15, 0.2) is 36.4 Å². The third-order valence-electron chi connectivity index (χ3n) is 4.14. The first-order valence-corrected chi connectivity index (χ1v) is 6.54. The highest BCUT2D eigenvalue weighted by atomic mass is 19.1. The molecule has 0 saturated heterocycles. The van der Waals surface area contributed by atoms with Gasteiger partial charge in [0.1, 0.15) is 5.82 Å². The quantitative estimate of drug-likeness (QED) is 0.832. The van der Waals surface area contributed by atoms with E-state index in [9.17, 15) is 19.1 Å². The second-order valence-electron chi connectivity index (χ2n) is 5.34. The Morgan fingerprint density at radius 1 is 1.20 bits per heavy atom. The molecule has 0 heterocycles. The van der Waals surface area contributed by atoms with Crippen molar-refractivity contribution in [3.8, 4) is 0 Å². The van der Waals surface area contributed by atoms with E-state index < -0.39 is 23.6 Å². The monoisotopic (exact) mass is 275 g/mol. The Kier molecular flexibility index (Phi) is 3.04. The topological polar surface area (TPSA) is 66.4 Å². The van der Waals surface area contributed by atoms with Gasteiger partial charge in [-0.1, -0.05) is 18.2 Å². The van der Waals surface area contributed by atoms with Gasteiger partial charge >= 0.3 is 5.97 Å². The van der Waals surface area contributed by atoms with Gasteiger partial charge in [0.05, 0.1) is 11.8 Å². The van der Waals surface area contributed by atoms with Crippen LogP contribution in [0.25, 0.3) is 0 Å².